The number of nitrogens with one attached hydrogen (secondary N) is 1. The van der Waals surface area contributed by atoms with E-state index in [0.717, 1.165) is 35.7 Å². The van der Waals surface area contributed by atoms with Crippen molar-refractivity contribution in [3.63, 3.8) is 0 Å². The fourth-order valence-corrected chi connectivity index (χ4v) is 5.97. The fraction of sp³-hybridized carbons (Fsp3) is 0.552. The number of amides is 1. The molecule has 0 spiro atoms. The van der Waals surface area contributed by atoms with Crippen molar-refractivity contribution in [2.24, 2.45) is 11.8 Å². The number of carbonyl (C=O) groups is 1. The van der Waals surface area contributed by atoms with Crippen molar-refractivity contribution in [3.05, 3.63) is 59.7 Å². The number of fused-ring (bicyclic) bond motifs is 1. The number of rotatable bonds is 8. The molecule has 2 aromatic carbocycles. The number of carbonyl (C=O) groups excluding carboxylic acids is 1. The third-order valence-electron chi connectivity index (χ3n) is 8.67. The Morgan fingerprint density at radius 1 is 1.00 bits per heavy atom. The second kappa shape index (κ2) is 9.35. The van der Waals surface area contributed by atoms with Gasteiger partial charge in [-0.15, -0.1) is 0 Å². The summed E-state index contributed by atoms with van der Waals surface area (Å²) < 4.78 is 5.86. The smallest absolute Gasteiger partial charge is 0.255 e. The molecule has 34 heavy (non-hydrogen) atoms. The van der Waals surface area contributed by atoms with Gasteiger partial charge in [0.1, 0.15) is 0 Å². The lowest BCUT2D eigenvalue weighted by Gasteiger charge is -2.29. The van der Waals surface area contributed by atoms with Gasteiger partial charge in [-0.25, -0.2) is 0 Å². The van der Waals surface area contributed by atoms with Gasteiger partial charge in [0, 0.05) is 48.7 Å². The highest BCUT2D eigenvalue weighted by Crippen LogP contribution is 2.41. The van der Waals surface area contributed by atoms with Crippen LogP contribution in [0.5, 0.6) is 0 Å². The normalized spacial score (nSPS) is 25.7. The molecule has 180 valence electrons. The summed E-state index contributed by atoms with van der Waals surface area (Å²) in [7, 11) is 0. The SMILES string of the molecule is CC(C1CC1)N1CC2CCN(c3ccc(NC(=O)c4ccc(COC5CCC5)cc4)cc3)C2C1. The van der Waals surface area contributed by atoms with Crippen LogP contribution in [0.15, 0.2) is 48.5 Å². The number of hydrogen-bond donors (Lipinski definition) is 1. The molecular weight excluding hydrogens is 422 g/mol. The molecule has 5 heteroatoms. The number of ether oxygens (including phenoxy) is 1. The fourth-order valence-electron chi connectivity index (χ4n) is 5.97. The van der Waals surface area contributed by atoms with Crippen LogP contribution in [0.2, 0.25) is 0 Å². The predicted molar refractivity (Wildman–Crippen MR) is 136 cm³/mol. The van der Waals surface area contributed by atoms with Crippen LogP contribution < -0.4 is 10.2 Å². The van der Waals surface area contributed by atoms with E-state index < -0.39 is 0 Å². The minimum absolute atomic E-state index is 0.0686. The van der Waals surface area contributed by atoms with E-state index in [0.29, 0.717) is 24.3 Å². The van der Waals surface area contributed by atoms with Crippen LogP contribution in [-0.2, 0) is 11.3 Å². The van der Waals surface area contributed by atoms with Crippen LogP contribution in [0.3, 0.4) is 0 Å². The van der Waals surface area contributed by atoms with E-state index in [1.165, 1.54) is 57.3 Å². The van der Waals surface area contributed by atoms with E-state index in [2.05, 4.69) is 34.2 Å². The maximum absolute atomic E-state index is 12.7. The average Bonchev–Trinajstić information content (AvgIpc) is 3.47. The Labute approximate surface area is 203 Å². The number of benzene rings is 2. The molecule has 3 atom stereocenters. The largest absolute Gasteiger partial charge is 0.374 e. The second-order valence-electron chi connectivity index (χ2n) is 10.9. The van der Waals surface area contributed by atoms with E-state index in [1.807, 2.05) is 36.4 Å². The minimum Gasteiger partial charge on any atom is -0.374 e. The Balaban J connectivity index is 1.03. The molecule has 2 heterocycles. The molecule has 2 aliphatic heterocycles. The van der Waals surface area contributed by atoms with Gasteiger partial charge in [-0.1, -0.05) is 12.1 Å². The molecule has 4 fully saturated rings. The van der Waals surface area contributed by atoms with Crippen molar-refractivity contribution < 1.29 is 9.53 Å². The summed E-state index contributed by atoms with van der Waals surface area (Å²) in [5, 5.41) is 3.05. The van der Waals surface area contributed by atoms with Gasteiger partial charge in [0.05, 0.1) is 12.7 Å². The summed E-state index contributed by atoms with van der Waals surface area (Å²) in [5.41, 5.74) is 3.92. The second-order valence-corrected chi connectivity index (χ2v) is 10.9. The zero-order valence-electron chi connectivity index (χ0n) is 20.3. The molecule has 0 radical (unpaired) electrons. The van der Waals surface area contributed by atoms with Crippen LogP contribution in [0.4, 0.5) is 11.4 Å². The predicted octanol–water partition coefficient (Wildman–Crippen LogP) is 5.32. The molecular formula is C29H37N3O2. The van der Waals surface area contributed by atoms with Crippen LogP contribution in [-0.4, -0.2) is 48.6 Å². The highest BCUT2D eigenvalue weighted by Gasteiger charge is 2.44. The first-order valence-corrected chi connectivity index (χ1v) is 13.3. The third-order valence-corrected chi connectivity index (χ3v) is 8.67. The van der Waals surface area contributed by atoms with Gasteiger partial charge in [0.15, 0.2) is 0 Å². The van der Waals surface area contributed by atoms with Gasteiger partial charge in [0.2, 0.25) is 0 Å². The molecule has 6 rings (SSSR count). The minimum atomic E-state index is -0.0686. The van der Waals surface area contributed by atoms with E-state index in [9.17, 15) is 4.79 Å². The summed E-state index contributed by atoms with van der Waals surface area (Å²) in [4.78, 5) is 18.1. The Morgan fingerprint density at radius 3 is 2.44 bits per heavy atom. The zero-order chi connectivity index (χ0) is 23.1. The van der Waals surface area contributed by atoms with Crippen molar-refractivity contribution >= 4 is 17.3 Å². The van der Waals surface area contributed by atoms with Crippen molar-refractivity contribution in [1.29, 1.82) is 0 Å². The number of hydrogen-bond acceptors (Lipinski definition) is 4. The maximum atomic E-state index is 12.7. The summed E-state index contributed by atoms with van der Waals surface area (Å²) in [6.45, 7) is 6.66. The Morgan fingerprint density at radius 2 is 1.76 bits per heavy atom. The van der Waals surface area contributed by atoms with E-state index >= 15 is 0 Å². The van der Waals surface area contributed by atoms with Gasteiger partial charge >= 0.3 is 0 Å². The first kappa shape index (κ1) is 22.1. The molecule has 2 saturated heterocycles. The van der Waals surface area contributed by atoms with E-state index in [1.54, 1.807) is 0 Å². The highest BCUT2D eigenvalue weighted by atomic mass is 16.5. The molecule has 0 bridgehead atoms. The molecule has 0 aromatic heterocycles. The Kier molecular flexibility index (Phi) is 6.08. The van der Waals surface area contributed by atoms with Crippen LogP contribution in [0.1, 0.15) is 61.4 Å². The standard InChI is InChI=1S/C29H37N3O2/c1-20(22-9-10-22)31-17-24-15-16-32(28(24)18-31)26-13-11-25(12-14-26)30-29(33)23-7-5-21(6-8-23)19-34-27-3-2-4-27/h5-8,11-14,20,22,24,27-28H,2-4,9-10,15-19H2,1H3,(H,30,33). The lowest BCUT2D eigenvalue weighted by atomic mass is 9.96. The van der Waals surface area contributed by atoms with Crippen LogP contribution in [0.25, 0.3) is 0 Å². The van der Waals surface area contributed by atoms with E-state index in [-0.39, 0.29) is 5.91 Å². The van der Waals surface area contributed by atoms with Gasteiger partial charge in [-0.05, 0) is 99.2 Å². The van der Waals surface area contributed by atoms with E-state index in [4.69, 9.17) is 4.74 Å². The molecule has 2 saturated carbocycles. The van der Waals surface area contributed by atoms with Crippen molar-refractivity contribution in [1.82, 2.24) is 4.90 Å². The topological polar surface area (TPSA) is 44.8 Å². The summed E-state index contributed by atoms with van der Waals surface area (Å²) in [6, 6.07) is 17.6. The molecule has 3 unspecified atom stereocenters. The summed E-state index contributed by atoms with van der Waals surface area (Å²) >= 11 is 0. The monoisotopic (exact) mass is 459 g/mol. The first-order chi connectivity index (χ1) is 16.6. The zero-order valence-corrected chi connectivity index (χ0v) is 20.3. The lowest BCUT2D eigenvalue weighted by molar-refractivity contribution is -0.00866. The summed E-state index contributed by atoms with van der Waals surface area (Å²) in [5.74, 6) is 1.66. The van der Waals surface area contributed by atoms with Crippen LogP contribution >= 0.6 is 0 Å². The number of likely N-dealkylation sites (tertiary alicyclic amines) is 1. The lowest BCUT2D eigenvalue weighted by Crippen LogP contribution is -2.38. The molecule has 5 nitrogen and oxygen atoms in total. The van der Waals surface area contributed by atoms with Crippen molar-refractivity contribution in [3.8, 4) is 0 Å². The third kappa shape index (κ3) is 4.60. The van der Waals surface area contributed by atoms with Gasteiger partial charge in [-0.2, -0.15) is 0 Å². The Hall–Kier alpha value is -2.37. The maximum Gasteiger partial charge on any atom is 0.255 e. The number of anilines is 2. The Bertz CT molecular complexity index is 997. The van der Waals surface area contributed by atoms with Gasteiger partial charge in [-0.3, -0.25) is 9.69 Å². The highest BCUT2D eigenvalue weighted by molar-refractivity contribution is 6.04. The molecule has 1 amide bonds. The van der Waals surface area contributed by atoms with Crippen molar-refractivity contribution in [2.45, 2.75) is 70.2 Å². The average molecular weight is 460 g/mol. The molecule has 4 aliphatic rings. The molecule has 2 aliphatic carbocycles. The molecule has 1 N–H and O–H groups in total. The van der Waals surface area contributed by atoms with Gasteiger partial charge in [0.25, 0.3) is 5.91 Å². The number of nitrogens with zero attached hydrogens (tertiary/aromatic N) is 2. The quantitative estimate of drug-likeness (QED) is 0.581. The van der Waals surface area contributed by atoms with Crippen LogP contribution in [0, 0.1) is 11.8 Å². The first-order valence-electron chi connectivity index (χ1n) is 13.3. The van der Waals surface area contributed by atoms with Gasteiger partial charge < -0.3 is 15.0 Å². The molecule has 2 aromatic rings. The van der Waals surface area contributed by atoms with Crippen molar-refractivity contribution in [2.75, 3.05) is 29.9 Å². The summed E-state index contributed by atoms with van der Waals surface area (Å²) in [6.07, 6.45) is 8.19.